The van der Waals surface area contributed by atoms with Crippen LogP contribution in [0.3, 0.4) is 0 Å². The standard InChI is InChI=1S/C12H21N5O3/c1-12(2,3)9(10(18)19)16-11(20)13-6-4-5-8-14-7-15-17-8/h7,9H,4-6H2,1-3H3,(H,18,19)(H2,13,16,20)(H,14,15,17). The van der Waals surface area contributed by atoms with Crippen LogP contribution in [0.1, 0.15) is 33.0 Å². The maximum atomic E-state index is 11.6. The summed E-state index contributed by atoms with van der Waals surface area (Å²) >= 11 is 0. The van der Waals surface area contributed by atoms with Gasteiger partial charge < -0.3 is 15.7 Å². The van der Waals surface area contributed by atoms with E-state index in [9.17, 15) is 9.59 Å². The molecule has 0 aliphatic rings. The lowest BCUT2D eigenvalue weighted by molar-refractivity contribution is -0.141. The normalized spacial score (nSPS) is 12.8. The molecule has 0 aliphatic heterocycles. The zero-order chi connectivity index (χ0) is 15.2. The van der Waals surface area contributed by atoms with Crippen LogP contribution >= 0.6 is 0 Å². The largest absolute Gasteiger partial charge is 0.480 e. The van der Waals surface area contributed by atoms with Gasteiger partial charge in [-0.25, -0.2) is 14.6 Å². The van der Waals surface area contributed by atoms with Gasteiger partial charge in [0.25, 0.3) is 0 Å². The second-order valence-corrected chi connectivity index (χ2v) is 5.57. The first kappa shape index (κ1) is 15.9. The Labute approximate surface area is 117 Å². The fourth-order valence-electron chi connectivity index (χ4n) is 1.64. The van der Waals surface area contributed by atoms with Crippen molar-refractivity contribution >= 4 is 12.0 Å². The Hall–Kier alpha value is -2.12. The third kappa shape index (κ3) is 5.25. The van der Waals surface area contributed by atoms with Crippen molar-refractivity contribution in [3.8, 4) is 0 Å². The minimum absolute atomic E-state index is 0.434. The number of aromatic nitrogens is 3. The molecule has 1 heterocycles. The van der Waals surface area contributed by atoms with Crippen LogP contribution in [0.4, 0.5) is 4.79 Å². The van der Waals surface area contributed by atoms with Gasteiger partial charge in [-0.2, -0.15) is 5.10 Å². The number of aryl methyl sites for hydroxylation is 1. The highest BCUT2D eigenvalue weighted by molar-refractivity contribution is 5.83. The number of carbonyl (C=O) groups is 2. The molecule has 112 valence electrons. The number of amides is 2. The minimum Gasteiger partial charge on any atom is -0.480 e. The number of carboxylic acids is 1. The second-order valence-electron chi connectivity index (χ2n) is 5.57. The van der Waals surface area contributed by atoms with Crippen LogP contribution in [0.25, 0.3) is 0 Å². The lowest BCUT2D eigenvalue weighted by Gasteiger charge is -2.27. The van der Waals surface area contributed by atoms with E-state index in [-0.39, 0.29) is 0 Å². The van der Waals surface area contributed by atoms with Crippen molar-refractivity contribution in [2.75, 3.05) is 6.54 Å². The zero-order valence-electron chi connectivity index (χ0n) is 11.9. The molecule has 0 radical (unpaired) electrons. The van der Waals surface area contributed by atoms with Crippen LogP contribution in [0.15, 0.2) is 6.33 Å². The van der Waals surface area contributed by atoms with Crippen LogP contribution in [-0.2, 0) is 11.2 Å². The first-order valence-electron chi connectivity index (χ1n) is 6.42. The Kier molecular flexibility index (Phi) is 5.48. The van der Waals surface area contributed by atoms with Crippen molar-refractivity contribution in [2.24, 2.45) is 5.41 Å². The second kappa shape index (κ2) is 6.88. The zero-order valence-corrected chi connectivity index (χ0v) is 11.9. The number of hydrogen-bond acceptors (Lipinski definition) is 4. The molecule has 0 aliphatic carbocycles. The molecule has 0 saturated heterocycles. The van der Waals surface area contributed by atoms with Gasteiger partial charge in [0.1, 0.15) is 18.2 Å². The van der Waals surface area contributed by atoms with Gasteiger partial charge in [-0.05, 0) is 11.8 Å². The number of aliphatic carboxylic acids is 1. The lowest BCUT2D eigenvalue weighted by Crippen LogP contribution is -2.52. The van der Waals surface area contributed by atoms with Gasteiger partial charge in [0.15, 0.2) is 0 Å². The number of carbonyl (C=O) groups excluding carboxylic acids is 1. The van der Waals surface area contributed by atoms with Crippen LogP contribution in [0.2, 0.25) is 0 Å². The monoisotopic (exact) mass is 283 g/mol. The number of nitrogens with one attached hydrogen (secondary N) is 3. The highest BCUT2D eigenvalue weighted by Crippen LogP contribution is 2.19. The number of hydrogen-bond donors (Lipinski definition) is 4. The number of urea groups is 1. The summed E-state index contributed by atoms with van der Waals surface area (Å²) in [6.07, 6.45) is 2.79. The molecule has 8 nitrogen and oxygen atoms in total. The molecule has 4 N–H and O–H groups in total. The third-order valence-corrected chi connectivity index (χ3v) is 2.73. The van der Waals surface area contributed by atoms with E-state index in [1.807, 2.05) is 0 Å². The first-order valence-corrected chi connectivity index (χ1v) is 6.42. The van der Waals surface area contributed by atoms with Gasteiger partial charge in [-0.15, -0.1) is 0 Å². The maximum absolute atomic E-state index is 11.6. The highest BCUT2D eigenvalue weighted by atomic mass is 16.4. The molecule has 0 fully saturated rings. The van der Waals surface area contributed by atoms with E-state index in [1.54, 1.807) is 20.8 Å². The Balaban J connectivity index is 2.30. The van der Waals surface area contributed by atoms with Crippen molar-refractivity contribution in [3.63, 3.8) is 0 Å². The molecule has 0 spiro atoms. The van der Waals surface area contributed by atoms with Crippen LogP contribution in [0.5, 0.6) is 0 Å². The summed E-state index contributed by atoms with van der Waals surface area (Å²) < 4.78 is 0. The molecule has 1 rings (SSSR count). The molecular formula is C12H21N5O3. The molecule has 1 aromatic rings. The number of aromatic amines is 1. The van der Waals surface area contributed by atoms with Gasteiger partial charge in [0, 0.05) is 13.0 Å². The fraction of sp³-hybridized carbons (Fsp3) is 0.667. The summed E-state index contributed by atoms with van der Waals surface area (Å²) in [6.45, 7) is 5.71. The first-order chi connectivity index (χ1) is 9.30. The topological polar surface area (TPSA) is 120 Å². The van der Waals surface area contributed by atoms with Crippen LogP contribution in [-0.4, -0.2) is 44.9 Å². The van der Waals surface area contributed by atoms with E-state index in [0.717, 1.165) is 5.82 Å². The van der Waals surface area contributed by atoms with Gasteiger partial charge in [-0.3, -0.25) is 5.10 Å². The summed E-state index contributed by atoms with van der Waals surface area (Å²) in [5.41, 5.74) is -0.553. The average molecular weight is 283 g/mol. The number of carboxylic acid groups (broad SMARTS) is 1. The molecule has 0 bridgehead atoms. The molecule has 1 unspecified atom stereocenters. The average Bonchev–Trinajstić information content (AvgIpc) is 2.83. The van der Waals surface area contributed by atoms with Crippen molar-refractivity contribution in [1.82, 2.24) is 25.8 Å². The van der Waals surface area contributed by atoms with Crippen LogP contribution in [0, 0.1) is 5.41 Å². The molecule has 2 amide bonds. The summed E-state index contributed by atoms with van der Waals surface area (Å²) in [5, 5.41) is 20.6. The number of nitrogens with zero attached hydrogens (tertiary/aromatic N) is 2. The molecular weight excluding hydrogens is 262 g/mol. The number of rotatable bonds is 6. The Morgan fingerprint density at radius 2 is 2.15 bits per heavy atom. The van der Waals surface area contributed by atoms with E-state index < -0.39 is 23.5 Å². The Morgan fingerprint density at radius 3 is 2.65 bits per heavy atom. The van der Waals surface area contributed by atoms with Crippen molar-refractivity contribution in [3.05, 3.63) is 12.2 Å². The van der Waals surface area contributed by atoms with E-state index in [2.05, 4.69) is 25.8 Å². The lowest BCUT2D eigenvalue weighted by atomic mass is 9.87. The van der Waals surface area contributed by atoms with E-state index >= 15 is 0 Å². The maximum Gasteiger partial charge on any atom is 0.326 e. The Bertz CT molecular complexity index is 438. The molecule has 1 aromatic heterocycles. The fourth-order valence-corrected chi connectivity index (χ4v) is 1.64. The van der Waals surface area contributed by atoms with Gasteiger partial charge >= 0.3 is 12.0 Å². The van der Waals surface area contributed by atoms with E-state index in [0.29, 0.717) is 19.4 Å². The molecule has 20 heavy (non-hydrogen) atoms. The summed E-state index contributed by atoms with van der Waals surface area (Å²) in [4.78, 5) is 26.7. The summed E-state index contributed by atoms with van der Waals surface area (Å²) in [6, 6.07) is -1.42. The van der Waals surface area contributed by atoms with Crippen LogP contribution < -0.4 is 10.6 Å². The molecule has 0 saturated carbocycles. The highest BCUT2D eigenvalue weighted by Gasteiger charge is 2.32. The van der Waals surface area contributed by atoms with Crippen molar-refractivity contribution in [1.29, 1.82) is 0 Å². The molecule has 1 atom stereocenters. The third-order valence-electron chi connectivity index (χ3n) is 2.73. The quantitative estimate of drug-likeness (QED) is 0.568. The molecule has 0 aromatic carbocycles. The minimum atomic E-state index is -1.05. The van der Waals surface area contributed by atoms with Gasteiger partial charge in [0.2, 0.25) is 0 Å². The van der Waals surface area contributed by atoms with E-state index in [1.165, 1.54) is 6.33 Å². The smallest absolute Gasteiger partial charge is 0.326 e. The van der Waals surface area contributed by atoms with Gasteiger partial charge in [-0.1, -0.05) is 20.8 Å². The summed E-state index contributed by atoms with van der Waals surface area (Å²) in [5.74, 6) is -0.292. The molecule has 8 heteroatoms. The predicted octanol–water partition coefficient (Wildman–Crippen LogP) is 0.536. The van der Waals surface area contributed by atoms with Crippen molar-refractivity contribution < 1.29 is 14.7 Å². The summed E-state index contributed by atoms with van der Waals surface area (Å²) in [7, 11) is 0. The van der Waals surface area contributed by atoms with Gasteiger partial charge in [0.05, 0.1) is 0 Å². The Morgan fingerprint density at radius 1 is 1.45 bits per heavy atom. The number of H-pyrrole nitrogens is 1. The predicted molar refractivity (Wildman–Crippen MR) is 72.1 cm³/mol. The SMILES string of the molecule is CC(C)(C)C(NC(=O)NCCCc1ncn[nH]1)C(=O)O. The van der Waals surface area contributed by atoms with E-state index in [4.69, 9.17) is 5.11 Å². The van der Waals surface area contributed by atoms with Crippen molar-refractivity contribution in [2.45, 2.75) is 39.7 Å².